The van der Waals surface area contributed by atoms with Crippen molar-refractivity contribution in [3.8, 4) is 0 Å². The van der Waals surface area contributed by atoms with E-state index in [2.05, 4.69) is 10.2 Å². The Labute approximate surface area is 85.8 Å². The second-order valence-corrected chi connectivity index (χ2v) is 4.55. The number of hydrogen-bond acceptors (Lipinski definition) is 2. The summed E-state index contributed by atoms with van der Waals surface area (Å²) in [5.74, 6) is 0.250. The maximum atomic E-state index is 11.4. The SMILES string of the molecule is CC(=O)N(C[C@H]1CCCCN1)C1CC1. The second-order valence-electron chi connectivity index (χ2n) is 4.55. The molecule has 0 aromatic rings. The van der Waals surface area contributed by atoms with Crippen molar-refractivity contribution in [2.24, 2.45) is 0 Å². The number of piperidine rings is 1. The van der Waals surface area contributed by atoms with Crippen molar-refractivity contribution in [2.45, 2.75) is 51.1 Å². The molecule has 0 radical (unpaired) electrons. The van der Waals surface area contributed by atoms with Crippen LogP contribution < -0.4 is 5.32 Å². The van der Waals surface area contributed by atoms with Crippen LogP contribution in [-0.2, 0) is 4.79 Å². The highest BCUT2D eigenvalue weighted by molar-refractivity contribution is 5.74. The first-order valence-corrected chi connectivity index (χ1v) is 5.78. The maximum absolute atomic E-state index is 11.4. The van der Waals surface area contributed by atoms with Crippen molar-refractivity contribution in [3.05, 3.63) is 0 Å². The maximum Gasteiger partial charge on any atom is 0.219 e. The predicted molar refractivity (Wildman–Crippen MR) is 56.1 cm³/mol. The lowest BCUT2D eigenvalue weighted by Gasteiger charge is -2.30. The third-order valence-corrected chi connectivity index (χ3v) is 3.22. The largest absolute Gasteiger partial charge is 0.338 e. The van der Waals surface area contributed by atoms with Gasteiger partial charge in [-0.05, 0) is 32.2 Å². The average molecular weight is 196 g/mol. The van der Waals surface area contributed by atoms with Gasteiger partial charge in [-0.3, -0.25) is 4.79 Å². The van der Waals surface area contributed by atoms with Crippen LogP contribution in [0.4, 0.5) is 0 Å². The highest BCUT2D eigenvalue weighted by atomic mass is 16.2. The first kappa shape index (κ1) is 9.97. The molecule has 0 spiro atoms. The minimum absolute atomic E-state index is 0.250. The molecular formula is C11H20N2O. The van der Waals surface area contributed by atoms with Crippen molar-refractivity contribution in [3.63, 3.8) is 0 Å². The van der Waals surface area contributed by atoms with Gasteiger partial charge < -0.3 is 10.2 Å². The molecule has 2 rings (SSSR count). The van der Waals surface area contributed by atoms with Gasteiger partial charge in [-0.15, -0.1) is 0 Å². The molecule has 0 aromatic carbocycles. The zero-order valence-electron chi connectivity index (χ0n) is 8.96. The van der Waals surface area contributed by atoms with E-state index in [0.29, 0.717) is 12.1 Å². The summed E-state index contributed by atoms with van der Waals surface area (Å²) >= 11 is 0. The minimum atomic E-state index is 0.250. The summed E-state index contributed by atoms with van der Waals surface area (Å²) in [6.45, 7) is 3.75. The summed E-state index contributed by atoms with van der Waals surface area (Å²) in [4.78, 5) is 13.5. The summed E-state index contributed by atoms with van der Waals surface area (Å²) < 4.78 is 0. The van der Waals surface area contributed by atoms with Gasteiger partial charge in [0.2, 0.25) is 5.91 Å². The zero-order valence-corrected chi connectivity index (χ0v) is 8.96. The van der Waals surface area contributed by atoms with Crippen molar-refractivity contribution >= 4 is 5.91 Å². The molecule has 1 aliphatic carbocycles. The number of carbonyl (C=O) groups excluding carboxylic acids is 1. The van der Waals surface area contributed by atoms with Crippen molar-refractivity contribution in [1.82, 2.24) is 10.2 Å². The van der Waals surface area contributed by atoms with Crippen molar-refractivity contribution < 1.29 is 4.79 Å². The van der Waals surface area contributed by atoms with E-state index in [1.54, 1.807) is 6.92 Å². The molecule has 0 aromatic heterocycles. The molecule has 1 amide bonds. The van der Waals surface area contributed by atoms with Crippen LogP contribution in [0, 0.1) is 0 Å². The van der Waals surface area contributed by atoms with Crippen LogP contribution in [0.1, 0.15) is 39.0 Å². The Kier molecular flexibility index (Phi) is 3.06. The van der Waals surface area contributed by atoms with Crippen LogP contribution in [0.25, 0.3) is 0 Å². The molecule has 3 heteroatoms. The normalized spacial score (nSPS) is 27.4. The van der Waals surface area contributed by atoms with Gasteiger partial charge in [0.1, 0.15) is 0 Å². The Morgan fingerprint density at radius 2 is 2.14 bits per heavy atom. The molecule has 14 heavy (non-hydrogen) atoms. The van der Waals surface area contributed by atoms with Gasteiger partial charge >= 0.3 is 0 Å². The van der Waals surface area contributed by atoms with Crippen LogP contribution in [0.3, 0.4) is 0 Å². The van der Waals surface area contributed by atoms with E-state index in [-0.39, 0.29) is 5.91 Å². The number of hydrogen-bond donors (Lipinski definition) is 1. The quantitative estimate of drug-likeness (QED) is 0.734. The Morgan fingerprint density at radius 1 is 1.36 bits per heavy atom. The smallest absolute Gasteiger partial charge is 0.219 e. The topological polar surface area (TPSA) is 32.3 Å². The Hall–Kier alpha value is -0.570. The van der Waals surface area contributed by atoms with Crippen LogP contribution >= 0.6 is 0 Å². The number of nitrogens with zero attached hydrogens (tertiary/aromatic N) is 1. The predicted octanol–water partition coefficient (Wildman–Crippen LogP) is 1.14. The fourth-order valence-electron chi connectivity index (χ4n) is 2.24. The molecule has 2 fully saturated rings. The summed E-state index contributed by atoms with van der Waals surface area (Å²) in [6.07, 6.45) is 6.27. The molecule has 0 unspecified atom stereocenters. The Balaban J connectivity index is 1.82. The summed E-state index contributed by atoms with van der Waals surface area (Å²) in [7, 11) is 0. The lowest BCUT2D eigenvalue weighted by atomic mass is 10.0. The highest BCUT2D eigenvalue weighted by Gasteiger charge is 2.32. The minimum Gasteiger partial charge on any atom is -0.338 e. The first-order valence-electron chi connectivity index (χ1n) is 5.78. The van der Waals surface area contributed by atoms with Crippen molar-refractivity contribution in [2.75, 3.05) is 13.1 Å². The number of carbonyl (C=O) groups is 1. The van der Waals surface area contributed by atoms with E-state index in [1.165, 1.54) is 32.1 Å². The van der Waals surface area contributed by atoms with Gasteiger partial charge in [0.05, 0.1) is 0 Å². The lowest BCUT2D eigenvalue weighted by Crippen LogP contribution is -2.46. The van der Waals surface area contributed by atoms with Gasteiger partial charge in [0, 0.05) is 25.6 Å². The summed E-state index contributed by atoms with van der Waals surface area (Å²) in [5, 5.41) is 3.49. The van der Waals surface area contributed by atoms with E-state index >= 15 is 0 Å². The number of nitrogens with one attached hydrogen (secondary N) is 1. The molecule has 1 aliphatic heterocycles. The van der Waals surface area contributed by atoms with E-state index in [0.717, 1.165) is 13.1 Å². The van der Waals surface area contributed by atoms with E-state index in [9.17, 15) is 4.79 Å². The molecular weight excluding hydrogens is 176 g/mol. The van der Waals surface area contributed by atoms with E-state index in [4.69, 9.17) is 0 Å². The molecule has 80 valence electrons. The number of rotatable bonds is 3. The molecule has 1 saturated heterocycles. The molecule has 2 aliphatic rings. The average Bonchev–Trinajstić information content (AvgIpc) is 2.99. The molecule has 0 bridgehead atoms. The third kappa shape index (κ3) is 2.47. The van der Waals surface area contributed by atoms with Crippen molar-refractivity contribution in [1.29, 1.82) is 0 Å². The summed E-state index contributed by atoms with van der Waals surface area (Å²) in [5.41, 5.74) is 0. The van der Waals surface area contributed by atoms with Gasteiger partial charge in [0.15, 0.2) is 0 Å². The molecule has 1 atom stereocenters. The fourth-order valence-corrected chi connectivity index (χ4v) is 2.24. The van der Waals surface area contributed by atoms with Crippen LogP contribution in [-0.4, -0.2) is 36.0 Å². The fraction of sp³-hybridized carbons (Fsp3) is 0.909. The van der Waals surface area contributed by atoms with Gasteiger partial charge in [-0.1, -0.05) is 6.42 Å². The van der Waals surface area contributed by atoms with Gasteiger partial charge in [-0.2, -0.15) is 0 Å². The number of amides is 1. The van der Waals surface area contributed by atoms with Gasteiger partial charge in [-0.25, -0.2) is 0 Å². The summed E-state index contributed by atoms with van der Waals surface area (Å²) in [6, 6.07) is 1.12. The molecule has 1 heterocycles. The standard InChI is InChI=1S/C11H20N2O/c1-9(14)13(11-5-6-11)8-10-4-2-3-7-12-10/h10-12H,2-8H2,1H3/t10-/m1/s1. The van der Waals surface area contributed by atoms with Crippen LogP contribution in [0.15, 0.2) is 0 Å². The molecule has 1 saturated carbocycles. The monoisotopic (exact) mass is 196 g/mol. The Morgan fingerprint density at radius 3 is 2.64 bits per heavy atom. The van der Waals surface area contributed by atoms with Crippen LogP contribution in [0.5, 0.6) is 0 Å². The van der Waals surface area contributed by atoms with E-state index < -0.39 is 0 Å². The molecule has 3 nitrogen and oxygen atoms in total. The lowest BCUT2D eigenvalue weighted by molar-refractivity contribution is -0.129. The first-order chi connectivity index (χ1) is 6.77. The third-order valence-electron chi connectivity index (χ3n) is 3.22. The van der Waals surface area contributed by atoms with Gasteiger partial charge in [0.25, 0.3) is 0 Å². The van der Waals surface area contributed by atoms with E-state index in [1.807, 2.05) is 0 Å². The molecule has 1 N–H and O–H groups in total. The second kappa shape index (κ2) is 4.30. The Bertz CT molecular complexity index is 207. The zero-order chi connectivity index (χ0) is 9.97. The van der Waals surface area contributed by atoms with Crippen LogP contribution in [0.2, 0.25) is 0 Å². The highest BCUT2D eigenvalue weighted by Crippen LogP contribution is 2.27.